The minimum absolute atomic E-state index is 0.243. The minimum atomic E-state index is -1.31. The van der Waals surface area contributed by atoms with E-state index in [2.05, 4.69) is 0 Å². The zero-order valence-electron chi connectivity index (χ0n) is 10.1. The molecule has 92 valence electrons. The molecule has 0 aliphatic carbocycles. The fourth-order valence-electron chi connectivity index (χ4n) is 2.66. The van der Waals surface area contributed by atoms with Crippen LogP contribution >= 0.6 is 0 Å². The molecule has 16 heavy (non-hydrogen) atoms. The van der Waals surface area contributed by atoms with Gasteiger partial charge in [-0.05, 0) is 25.2 Å². The molecule has 0 bridgehead atoms. The van der Waals surface area contributed by atoms with E-state index in [9.17, 15) is 19.8 Å². The van der Waals surface area contributed by atoms with E-state index < -0.39 is 23.0 Å². The van der Waals surface area contributed by atoms with E-state index in [0.717, 1.165) is 4.90 Å². The number of nitrogens with zero attached hydrogens (tertiary/aromatic N) is 1. The predicted octanol–water partition coefficient (Wildman–Crippen LogP) is 2.02. The fourth-order valence-corrected chi connectivity index (χ4v) is 2.66. The number of amides is 1. The van der Waals surface area contributed by atoms with Crippen LogP contribution < -0.4 is 0 Å². The first kappa shape index (κ1) is 12.8. The van der Waals surface area contributed by atoms with Crippen LogP contribution in [-0.2, 0) is 4.79 Å². The Labute approximate surface area is 95.1 Å². The molecule has 5 nitrogen and oxygen atoms in total. The van der Waals surface area contributed by atoms with Crippen molar-refractivity contribution in [2.45, 2.75) is 52.1 Å². The molecule has 0 spiro atoms. The van der Waals surface area contributed by atoms with Gasteiger partial charge in [0.1, 0.15) is 5.54 Å². The Bertz CT molecular complexity index is 320. The number of hydrogen-bond acceptors (Lipinski definition) is 2. The largest absolute Gasteiger partial charge is 0.479 e. The summed E-state index contributed by atoms with van der Waals surface area (Å²) >= 11 is 0. The molecular formula is C11H19NO4. The van der Waals surface area contributed by atoms with Crippen molar-refractivity contribution in [1.82, 2.24) is 4.90 Å². The molecule has 1 amide bonds. The molecule has 0 aromatic rings. The number of hydrogen-bond donors (Lipinski definition) is 2. The van der Waals surface area contributed by atoms with Crippen molar-refractivity contribution >= 4 is 12.1 Å². The van der Waals surface area contributed by atoms with Crippen molar-refractivity contribution in [3.63, 3.8) is 0 Å². The van der Waals surface area contributed by atoms with E-state index in [0.29, 0.717) is 12.8 Å². The average Bonchev–Trinajstić information content (AvgIpc) is 2.42. The molecule has 2 atom stereocenters. The van der Waals surface area contributed by atoms with E-state index in [1.54, 1.807) is 27.7 Å². The highest BCUT2D eigenvalue weighted by Gasteiger charge is 2.59. The summed E-state index contributed by atoms with van der Waals surface area (Å²) in [6.07, 6.45) is -0.183. The summed E-state index contributed by atoms with van der Waals surface area (Å²) in [4.78, 5) is 23.9. The third-order valence-corrected chi connectivity index (χ3v) is 3.58. The second-order valence-corrected chi connectivity index (χ2v) is 5.46. The third kappa shape index (κ3) is 1.54. The van der Waals surface area contributed by atoms with Crippen molar-refractivity contribution in [1.29, 1.82) is 0 Å². The topological polar surface area (TPSA) is 77.8 Å². The summed E-state index contributed by atoms with van der Waals surface area (Å²) < 4.78 is 0. The molecule has 0 radical (unpaired) electrons. The second kappa shape index (κ2) is 3.64. The summed E-state index contributed by atoms with van der Waals surface area (Å²) in [5.74, 6) is -1.05. The molecule has 0 aromatic carbocycles. The van der Waals surface area contributed by atoms with E-state index in [1.807, 2.05) is 0 Å². The molecule has 1 saturated heterocycles. The Morgan fingerprint density at radius 1 is 1.31 bits per heavy atom. The number of carbonyl (C=O) groups is 2. The van der Waals surface area contributed by atoms with E-state index in [4.69, 9.17) is 0 Å². The lowest BCUT2D eigenvalue weighted by Gasteiger charge is -2.44. The van der Waals surface area contributed by atoms with Gasteiger partial charge in [-0.3, -0.25) is 4.90 Å². The molecular weight excluding hydrogens is 210 g/mol. The number of carboxylic acid groups (broad SMARTS) is 2. The molecule has 1 fully saturated rings. The van der Waals surface area contributed by atoms with Gasteiger partial charge in [0.25, 0.3) is 0 Å². The maximum absolute atomic E-state index is 11.5. The Morgan fingerprint density at radius 3 is 2.06 bits per heavy atom. The van der Waals surface area contributed by atoms with Gasteiger partial charge in [0.2, 0.25) is 0 Å². The number of rotatable bonds is 1. The zero-order chi connectivity index (χ0) is 12.7. The molecule has 1 aliphatic rings. The summed E-state index contributed by atoms with van der Waals surface area (Å²) in [6.45, 7) is 7.07. The van der Waals surface area contributed by atoms with E-state index in [1.165, 1.54) is 0 Å². The van der Waals surface area contributed by atoms with Crippen LogP contribution in [-0.4, -0.2) is 38.8 Å². The summed E-state index contributed by atoms with van der Waals surface area (Å²) in [5, 5.41) is 18.6. The molecule has 1 aliphatic heterocycles. The molecule has 2 N–H and O–H groups in total. The Morgan fingerprint density at radius 2 is 1.81 bits per heavy atom. The Balaban J connectivity index is 3.31. The van der Waals surface area contributed by atoms with Crippen molar-refractivity contribution < 1.29 is 19.8 Å². The van der Waals surface area contributed by atoms with Gasteiger partial charge in [-0.15, -0.1) is 0 Å². The monoisotopic (exact) mass is 229 g/mol. The fraction of sp³-hybridized carbons (Fsp3) is 0.818. The lowest BCUT2D eigenvalue weighted by atomic mass is 9.72. The lowest BCUT2D eigenvalue weighted by Crippen LogP contribution is -2.61. The van der Waals surface area contributed by atoms with Crippen LogP contribution in [0.5, 0.6) is 0 Å². The first-order valence-electron chi connectivity index (χ1n) is 5.40. The van der Waals surface area contributed by atoms with Gasteiger partial charge in [-0.25, -0.2) is 9.59 Å². The molecule has 0 aromatic heterocycles. The molecule has 5 heteroatoms. The summed E-state index contributed by atoms with van der Waals surface area (Å²) in [6, 6.07) is -0.243. The maximum Gasteiger partial charge on any atom is 0.408 e. The van der Waals surface area contributed by atoms with Gasteiger partial charge in [0, 0.05) is 6.04 Å². The van der Waals surface area contributed by atoms with Gasteiger partial charge in [0.05, 0.1) is 0 Å². The van der Waals surface area contributed by atoms with Crippen molar-refractivity contribution in [3.05, 3.63) is 0 Å². The van der Waals surface area contributed by atoms with E-state index >= 15 is 0 Å². The quantitative estimate of drug-likeness (QED) is 0.721. The van der Waals surface area contributed by atoms with Crippen LogP contribution in [0.4, 0.5) is 4.79 Å². The van der Waals surface area contributed by atoms with Gasteiger partial charge in [-0.1, -0.05) is 20.8 Å². The van der Waals surface area contributed by atoms with Crippen LogP contribution in [0.2, 0.25) is 0 Å². The highest BCUT2D eigenvalue weighted by molar-refractivity contribution is 5.86. The van der Waals surface area contributed by atoms with Gasteiger partial charge in [0.15, 0.2) is 0 Å². The van der Waals surface area contributed by atoms with E-state index in [-0.39, 0.29) is 6.04 Å². The average molecular weight is 229 g/mol. The number of likely N-dealkylation sites (tertiary alicyclic amines) is 1. The van der Waals surface area contributed by atoms with Gasteiger partial charge in [-0.2, -0.15) is 0 Å². The van der Waals surface area contributed by atoms with Crippen LogP contribution in [0.1, 0.15) is 40.5 Å². The maximum atomic E-state index is 11.5. The van der Waals surface area contributed by atoms with Crippen molar-refractivity contribution in [2.24, 2.45) is 5.41 Å². The highest BCUT2D eigenvalue weighted by atomic mass is 16.4. The van der Waals surface area contributed by atoms with Crippen molar-refractivity contribution in [3.8, 4) is 0 Å². The SMILES string of the molecule is C[C@@H]1CC[C@@](C(=O)O)(C(C)(C)C)N1C(=O)O. The third-order valence-electron chi connectivity index (χ3n) is 3.58. The second-order valence-electron chi connectivity index (χ2n) is 5.46. The molecule has 1 heterocycles. The first-order chi connectivity index (χ1) is 7.14. The normalized spacial score (nSPS) is 30.5. The summed E-state index contributed by atoms with van der Waals surface area (Å²) in [7, 11) is 0. The minimum Gasteiger partial charge on any atom is -0.479 e. The first-order valence-corrected chi connectivity index (χ1v) is 5.40. The number of carboxylic acids is 1. The predicted molar refractivity (Wildman–Crippen MR) is 58.4 cm³/mol. The molecule has 1 rings (SSSR count). The Hall–Kier alpha value is -1.26. The lowest BCUT2D eigenvalue weighted by molar-refractivity contribution is -0.156. The Kier molecular flexibility index (Phi) is 2.92. The van der Waals surface area contributed by atoms with Gasteiger partial charge >= 0.3 is 12.1 Å². The molecule has 0 unspecified atom stereocenters. The van der Waals surface area contributed by atoms with Crippen LogP contribution in [0.3, 0.4) is 0 Å². The standard InChI is InChI=1S/C11H19NO4/c1-7-5-6-11(8(13)14,10(2,3)4)12(7)9(15)16/h7H,5-6H2,1-4H3,(H,13,14)(H,15,16)/t7-,11-/m1/s1. The highest BCUT2D eigenvalue weighted by Crippen LogP contribution is 2.46. The smallest absolute Gasteiger partial charge is 0.408 e. The van der Waals surface area contributed by atoms with Crippen LogP contribution in [0.15, 0.2) is 0 Å². The van der Waals surface area contributed by atoms with Gasteiger partial charge < -0.3 is 10.2 Å². The van der Waals surface area contributed by atoms with Crippen molar-refractivity contribution in [2.75, 3.05) is 0 Å². The molecule has 0 saturated carbocycles. The van der Waals surface area contributed by atoms with Crippen LogP contribution in [0.25, 0.3) is 0 Å². The summed E-state index contributed by atoms with van der Waals surface area (Å²) in [5.41, 5.74) is -1.93. The van der Waals surface area contributed by atoms with Crippen LogP contribution in [0, 0.1) is 5.41 Å². The number of aliphatic carboxylic acids is 1. The zero-order valence-corrected chi connectivity index (χ0v) is 10.1.